The molecule has 102 valence electrons. The van der Waals surface area contributed by atoms with E-state index in [-0.39, 0.29) is 12.2 Å². The molecule has 0 heterocycles. The van der Waals surface area contributed by atoms with Gasteiger partial charge in [-0.15, -0.1) is 0 Å². The van der Waals surface area contributed by atoms with Crippen molar-refractivity contribution in [3.05, 3.63) is 39.4 Å². The van der Waals surface area contributed by atoms with Gasteiger partial charge in [0.15, 0.2) is 5.92 Å². The summed E-state index contributed by atoms with van der Waals surface area (Å²) in [5.74, 6) is -4.18. The minimum atomic E-state index is -1.69. The van der Waals surface area contributed by atoms with Crippen molar-refractivity contribution in [3.63, 3.8) is 0 Å². The minimum absolute atomic E-state index is 0.00221. The van der Waals surface area contributed by atoms with Crippen molar-refractivity contribution in [2.45, 2.75) is 19.8 Å². The molecule has 1 atom stereocenters. The number of nitro groups is 1. The van der Waals surface area contributed by atoms with E-state index in [2.05, 4.69) is 4.74 Å². The lowest BCUT2D eigenvalue weighted by atomic mass is 9.96. The smallest absolute Gasteiger partial charge is 0.325 e. The van der Waals surface area contributed by atoms with Crippen molar-refractivity contribution in [2.75, 3.05) is 6.61 Å². The number of nitrogens with zero attached hydrogens (tertiary/aromatic N) is 1. The van der Waals surface area contributed by atoms with Gasteiger partial charge in [0.1, 0.15) is 0 Å². The highest BCUT2D eigenvalue weighted by Crippen LogP contribution is 2.29. The zero-order chi connectivity index (χ0) is 14.6. The van der Waals surface area contributed by atoms with Crippen LogP contribution in [0.4, 0.5) is 5.69 Å². The first-order valence-corrected chi connectivity index (χ1v) is 5.52. The maximum absolute atomic E-state index is 11.6. The molecule has 0 aromatic heterocycles. The van der Waals surface area contributed by atoms with E-state index in [0.29, 0.717) is 5.56 Å². The summed E-state index contributed by atoms with van der Waals surface area (Å²) in [6.45, 7) is 3.18. The number of aliphatic carboxylic acids is 1. The van der Waals surface area contributed by atoms with Crippen LogP contribution in [0, 0.1) is 17.0 Å². The average molecular weight is 267 g/mol. The number of carboxylic acids is 1. The predicted molar refractivity (Wildman–Crippen MR) is 64.8 cm³/mol. The quantitative estimate of drug-likeness (QED) is 0.376. The highest BCUT2D eigenvalue weighted by Gasteiger charge is 2.35. The number of carbonyl (C=O) groups excluding carboxylic acids is 1. The van der Waals surface area contributed by atoms with E-state index >= 15 is 0 Å². The van der Waals surface area contributed by atoms with Gasteiger partial charge in [0.2, 0.25) is 0 Å². The van der Waals surface area contributed by atoms with E-state index in [4.69, 9.17) is 5.11 Å². The molecule has 0 radical (unpaired) electrons. The Morgan fingerprint density at radius 3 is 2.58 bits per heavy atom. The molecule has 0 saturated heterocycles. The van der Waals surface area contributed by atoms with Crippen molar-refractivity contribution in [3.8, 4) is 0 Å². The number of nitro benzene ring substituents is 1. The molecule has 0 fully saturated rings. The van der Waals surface area contributed by atoms with Gasteiger partial charge in [-0.2, -0.15) is 0 Å². The molecule has 1 aromatic rings. The van der Waals surface area contributed by atoms with Gasteiger partial charge in [-0.05, 0) is 19.9 Å². The fraction of sp³-hybridized carbons (Fsp3) is 0.333. The second kappa shape index (κ2) is 5.94. The van der Waals surface area contributed by atoms with Crippen molar-refractivity contribution >= 4 is 17.6 Å². The molecule has 19 heavy (non-hydrogen) atoms. The maximum atomic E-state index is 11.6. The van der Waals surface area contributed by atoms with E-state index in [1.54, 1.807) is 6.92 Å². The second-order valence-corrected chi connectivity index (χ2v) is 3.84. The molecule has 0 aliphatic heterocycles. The van der Waals surface area contributed by atoms with Crippen LogP contribution in [0.2, 0.25) is 0 Å². The first kappa shape index (κ1) is 14.6. The van der Waals surface area contributed by atoms with E-state index in [1.807, 2.05) is 0 Å². The lowest BCUT2D eigenvalue weighted by Crippen LogP contribution is -2.24. The highest BCUT2D eigenvalue weighted by molar-refractivity contribution is 6.00. The fourth-order valence-electron chi connectivity index (χ4n) is 1.66. The number of esters is 1. The fourth-order valence-corrected chi connectivity index (χ4v) is 1.66. The average Bonchev–Trinajstić information content (AvgIpc) is 2.28. The van der Waals surface area contributed by atoms with Crippen molar-refractivity contribution in [2.24, 2.45) is 0 Å². The van der Waals surface area contributed by atoms with Gasteiger partial charge >= 0.3 is 11.9 Å². The summed E-state index contributed by atoms with van der Waals surface area (Å²) < 4.78 is 4.65. The Labute approximate surface area is 109 Å². The van der Waals surface area contributed by atoms with Gasteiger partial charge in [0, 0.05) is 6.07 Å². The Bertz CT molecular complexity index is 525. The summed E-state index contributed by atoms with van der Waals surface area (Å²) in [4.78, 5) is 33.0. The molecule has 0 spiro atoms. The monoisotopic (exact) mass is 267 g/mol. The molecule has 0 amide bonds. The highest BCUT2D eigenvalue weighted by atomic mass is 16.6. The Morgan fingerprint density at radius 1 is 1.47 bits per heavy atom. The van der Waals surface area contributed by atoms with Crippen molar-refractivity contribution in [1.82, 2.24) is 0 Å². The van der Waals surface area contributed by atoms with Crippen LogP contribution in [0.25, 0.3) is 0 Å². The summed E-state index contributed by atoms with van der Waals surface area (Å²) in [5.41, 5.74) is 0.0400. The van der Waals surface area contributed by atoms with Crippen LogP contribution < -0.4 is 0 Å². The summed E-state index contributed by atoms with van der Waals surface area (Å²) in [6, 6.07) is 3.97. The number of rotatable bonds is 5. The molecule has 7 heteroatoms. The summed E-state index contributed by atoms with van der Waals surface area (Å²) in [7, 11) is 0. The van der Waals surface area contributed by atoms with Crippen LogP contribution in [0.5, 0.6) is 0 Å². The molecule has 0 aliphatic rings. The second-order valence-electron chi connectivity index (χ2n) is 3.84. The first-order chi connectivity index (χ1) is 8.88. The Kier molecular flexibility index (Phi) is 4.57. The van der Waals surface area contributed by atoms with Gasteiger partial charge in [-0.25, -0.2) is 0 Å². The molecular weight excluding hydrogens is 254 g/mol. The molecule has 1 rings (SSSR count). The van der Waals surface area contributed by atoms with E-state index in [9.17, 15) is 19.7 Å². The Hall–Kier alpha value is -2.44. The van der Waals surface area contributed by atoms with Crippen molar-refractivity contribution < 1.29 is 24.4 Å². The zero-order valence-corrected chi connectivity index (χ0v) is 10.5. The minimum Gasteiger partial charge on any atom is -0.480 e. The molecule has 7 nitrogen and oxygen atoms in total. The lowest BCUT2D eigenvalue weighted by molar-refractivity contribution is -0.385. The number of carbonyl (C=O) groups is 2. The topological polar surface area (TPSA) is 107 Å². The Morgan fingerprint density at radius 2 is 2.11 bits per heavy atom. The predicted octanol–water partition coefficient (Wildman–Crippen LogP) is 1.63. The first-order valence-electron chi connectivity index (χ1n) is 5.52. The van der Waals surface area contributed by atoms with Crippen molar-refractivity contribution in [1.29, 1.82) is 0 Å². The van der Waals surface area contributed by atoms with E-state index < -0.39 is 28.5 Å². The van der Waals surface area contributed by atoms with Gasteiger partial charge in [0.25, 0.3) is 5.69 Å². The summed E-state index contributed by atoms with van der Waals surface area (Å²) in [5, 5.41) is 20.0. The molecule has 0 bridgehead atoms. The van der Waals surface area contributed by atoms with Crippen LogP contribution in [-0.2, 0) is 14.3 Å². The van der Waals surface area contributed by atoms with Gasteiger partial charge in [0.05, 0.1) is 17.1 Å². The normalized spacial score (nSPS) is 11.7. The number of benzene rings is 1. The third-order valence-corrected chi connectivity index (χ3v) is 2.46. The van der Waals surface area contributed by atoms with Gasteiger partial charge in [-0.3, -0.25) is 19.7 Å². The van der Waals surface area contributed by atoms with Crippen LogP contribution in [0.15, 0.2) is 18.2 Å². The van der Waals surface area contributed by atoms with Gasteiger partial charge < -0.3 is 9.84 Å². The maximum Gasteiger partial charge on any atom is 0.325 e. The van der Waals surface area contributed by atoms with Crippen LogP contribution in [0.1, 0.15) is 24.0 Å². The summed E-state index contributed by atoms with van der Waals surface area (Å²) >= 11 is 0. The summed E-state index contributed by atoms with van der Waals surface area (Å²) in [6.07, 6.45) is 0. The Balaban J connectivity index is 3.37. The zero-order valence-electron chi connectivity index (χ0n) is 10.5. The largest absolute Gasteiger partial charge is 0.480 e. The molecular formula is C12H13NO6. The molecule has 0 aliphatic carbocycles. The number of ether oxygens (including phenoxy) is 1. The molecule has 1 N–H and O–H groups in total. The third kappa shape index (κ3) is 3.27. The van der Waals surface area contributed by atoms with Crippen LogP contribution in [-0.4, -0.2) is 28.6 Å². The number of carboxylic acid groups (broad SMARTS) is 1. The van der Waals surface area contributed by atoms with Gasteiger partial charge in [-0.1, -0.05) is 11.6 Å². The van der Waals surface area contributed by atoms with E-state index in [0.717, 1.165) is 0 Å². The number of hydrogen-bond donors (Lipinski definition) is 1. The third-order valence-electron chi connectivity index (χ3n) is 2.46. The lowest BCUT2D eigenvalue weighted by Gasteiger charge is -2.12. The molecule has 0 saturated carbocycles. The number of hydrogen-bond acceptors (Lipinski definition) is 5. The van der Waals surface area contributed by atoms with Crippen LogP contribution in [0.3, 0.4) is 0 Å². The molecule has 1 aromatic carbocycles. The molecule has 1 unspecified atom stereocenters. The van der Waals surface area contributed by atoms with Crippen LogP contribution >= 0.6 is 0 Å². The van der Waals surface area contributed by atoms with E-state index in [1.165, 1.54) is 25.1 Å². The SMILES string of the molecule is CCOC(=O)C(C(=O)O)c1cc(C)ccc1[N+](=O)[O-]. The standard InChI is InChI=1S/C12H13NO6/c1-3-19-12(16)10(11(14)15)8-6-7(2)4-5-9(8)13(17)18/h4-6,10H,3H2,1-2H3,(H,14,15). The number of aryl methyl sites for hydroxylation is 1.